The summed E-state index contributed by atoms with van der Waals surface area (Å²) in [5.74, 6) is 0. The van der Waals surface area contributed by atoms with Gasteiger partial charge in [-0.05, 0) is 17.7 Å². The second kappa shape index (κ2) is 4.82. The summed E-state index contributed by atoms with van der Waals surface area (Å²) in [4.78, 5) is 4.33. The summed E-state index contributed by atoms with van der Waals surface area (Å²) in [6.07, 6.45) is 5.35. The summed E-state index contributed by atoms with van der Waals surface area (Å²) in [7, 11) is 1.85. The van der Waals surface area contributed by atoms with Crippen LogP contribution in [0.15, 0.2) is 48.9 Å². The number of aliphatic hydroxyl groups excluding tert-OH is 1. The summed E-state index contributed by atoms with van der Waals surface area (Å²) in [5, 5.41) is 15.4. The zero-order valence-corrected chi connectivity index (χ0v) is 10.7. The largest absolute Gasteiger partial charge is 0.388 e. The van der Waals surface area contributed by atoms with Crippen LogP contribution in [0.2, 0.25) is 0 Å². The third kappa shape index (κ3) is 2.35. The Bertz CT molecular complexity index is 700. The summed E-state index contributed by atoms with van der Waals surface area (Å²) in [5.41, 5.74) is 2.89. The quantitative estimate of drug-likeness (QED) is 0.779. The van der Waals surface area contributed by atoms with Gasteiger partial charge in [0.05, 0.1) is 17.8 Å². The highest BCUT2D eigenvalue weighted by Gasteiger charge is 2.12. The molecule has 2 heterocycles. The van der Waals surface area contributed by atoms with Crippen LogP contribution in [-0.2, 0) is 13.5 Å². The SMILES string of the molecule is Cn1cc(C(O)Cc2ccnc3ccccc23)cn1. The molecule has 1 atom stereocenters. The number of hydrogen-bond acceptors (Lipinski definition) is 3. The van der Waals surface area contributed by atoms with Crippen molar-refractivity contribution >= 4 is 10.9 Å². The van der Waals surface area contributed by atoms with E-state index in [1.807, 2.05) is 43.6 Å². The molecule has 4 heteroatoms. The predicted octanol–water partition coefficient (Wildman–Crippen LogP) is 2.24. The van der Waals surface area contributed by atoms with E-state index in [4.69, 9.17) is 0 Å². The molecule has 3 aromatic rings. The van der Waals surface area contributed by atoms with Crippen molar-refractivity contribution in [3.8, 4) is 0 Å². The van der Waals surface area contributed by atoms with Gasteiger partial charge in [0.25, 0.3) is 0 Å². The summed E-state index contributed by atoms with van der Waals surface area (Å²) in [6, 6.07) is 9.94. The van der Waals surface area contributed by atoms with Gasteiger partial charge >= 0.3 is 0 Å². The maximum atomic E-state index is 10.3. The molecule has 0 aliphatic heterocycles. The van der Waals surface area contributed by atoms with Crippen molar-refractivity contribution < 1.29 is 5.11 Å². The van der Waals surface area contributed by atoms with E-state index in [0.717, 1.165) is 22.0 Å². The first-order valence-corrected chi connectivity index (χ1v) is 6.23. The van der Waals surface area contributed by atoms with Crippen LogP contribution in [0.1, 0.15) is 17.2 Å². The number of fused-ring (bicyclic) bond motifs is 1. The van der Waals surface area contributed by atoms with Crippen LogP contribution in [0.5, 0.6) is 0 Å². The number of aromatic nitrogens is 3. The average molecular weight is 253 g/mol. The molecule has 0 amide bonds. The lowest BCUT2D eigenvalue weighted by Gasteiger charge is -2.10. The van der Waals surface area contributed by atoms with E-state index in [2.05, 4.69) is 10.1 Å². The van der Waals surface area contributed by atoms with Crippen LogP contribution in [0.3, 0.4) is 0 Å². The molecule has 4 nitrogen and oxygen atoms in total. The smallest absolute Gasteiger partial charge is 0.0861 e. The topological polar surface area (TPSA) is 50.9 Å². The van der Waals surface area contributed by atoms with E-state index in [1.54, 1.807) is 17.1 Å². The van der Waals surface area contributed by atoms with Crippen molar-refractivity contribution in [1.82, 2.24) is 14.8 Å². The number of pyridine rings is 1. The molecule has 0 radical (unpaired) electrons. The number of aliphatic hydroxyl groups is 1. The number of rotatable bonds is 3. The third-order valence-electron chi connectivity index (χ3n) is 3.26. The van der Waals surface area contributed by atoms with E-state index < -0.39 is 6.10 Å². The maximum Gasteiger partial charge on any atom is 0.0861 e. The van der Waals surface area contributed by atoms with Crippen LogP contribution in [0.25, 0.3) is 10.9 Å². The van der Waals surface area contributed by atoms with E-state index in [-0.39, 0.29) is 0 Å². The van der Waals surface area contributed by atoms with Gasteiger partial charge in [-0.2, -0.15) is 5.10 Å². The number of nitrogens with zero attached hydrogens (tertiary/aromatic N) is 3. The van der Waals surface area contributed by atoms with E-state index in [0.29, 0.717) is 6.42 Å². The Morgan fingerprint density at radius 2 is 2.11 bits per heavy atom. The Hall–Kier alpha value is -2.20. The van der Waals surface area contributed by atoms with Crippen LogP contribution < -0.4 is 0 Å². The average Bonchev–Trinajstić information content (AvgIpc) is 2.86. The zero-order chi connectivity index (χ0) is 13.2. The van der Waals surface area contributed by atoms with E-state index in [9.17, 15) is 5.11 Å². The van der Waals surface area contributed by atoms with Gasteiger partial charge in [-0.25, -0.2) is 0 Å². The number of aryl methyl sites for hydroxylation is 1. The lowest BCUT2D eigenvalue weighted by molar-refractivity contribution is 0.179. The Morgan fingerprint density at radius 1 is 1.26 bits per heavy atom. The first kappa shape index (κ1) is 11.9. The minimum absolute atomic E-state index is 0.542. The third-order valence-corrected chi connectivity index (χ3v) is 3.26. The highest BCUT2D eigenvalue weighted by atomic mass is 16.3. The van der Waals surface area contributed by atoms with Gasteiger partial charge in [-0.15, -0.1) is 0 Å². The molecule has 3 rings (SSSR count). The molecule has 1 unspecified atom stereocenters. The first-order valence-electron chi connectivity index (χ1n) is 6.23. The minimum Gasteiger partial charge on any atom is -0.388 e. The zero-order valence-electron chi connectivity index (χ0n) is 10.7. The Labute approximate surface area is 111 Å². The normalized spacial score (nSPS) is 12.7. The van der Waals surface area contributed by atoms with Crippen molar-refractivity contribution in [2.45, 2.75) is 12.5 Å². The van der Waals surface area contributed by atoms with E-state index >= 15 is 0 Å². The monoisotopic (exact) mass is 253 g/mol. The Morgan fingerprint density at radius 3 is 2.89 bits per heavy atom. The van der Waals surface area contributed by atoms with Gasteiger partial charge < -0.3 is 5.11 Å². The second-order valence-electron chi connectivity index (χ2n) is 4.65. The van der Waals surface area contributed by atoms with Crippen molar-refractivity contribution in [1.29, 1.82) is 0 Å². The van der Waals surface area contributed by atoms with Crippen molar-refractivity contribution in [2.75, 3.05) is 0 Å². The molecular weight excluding hydrogens is 238 g/mol. The summed E-state index contributed by atoms with van der Waals surface area (Å²) >= 11 is 0. The van der Waals surface area contributed by atoms with Crippen LogP contribution >= 0.6 is 0 Å². The van der Waals surface area contributed by atoms with Crippen LogP contribution in [0.4, 0.5) is 0 Å². The predicted molar refractivity (Wildman–Crippen MR) is 73.6 cm³/mol. The lowest BCUT2D eigenvalue weighted by Crippen LogP contribution is -2.01. The number of hydrogen-bond donors (Lipinski definition) is 1. The molecule has 0 saturated carbocycles. The maximum absolute atomic E-state index is 10.3. The molecule has 0 aliphatic carbocycles. The standard InChI is InChI=1S/C15H15N3O/c1-18-10-12(9-17-18)15(19)8-11-6-7-16-14-5-3-2-4-13(11)14/h2-7,9-10,15,19H,8H2,1H3. The van der Waals surface area contributed by atoms with Crippen LogP contribution in [-0.4, -0.2) is 19.9 Å². The fourth-order valence-corrected chi connectivity index (χ4v) is 2.27. The molecule has 0 spiro atoms. The van der Waals surface area contributed by atoms with Gasteiger partial charge in [-0.3, -0.25) is 9.67 Å². The van der Waals surface area contributed by atoms with Gasteiger partial charge in [0.2, 0.25) is 0 Å². The van der Waals surface area contributed by atoms with Crippen molar-refractivity contribution in [3.63, 3.8) is 0 Å². The summed E-state index contributed by atoms with van der Waals surface area (Å²) < 4.78 is 1.70. The summed E-state index contributed by atoms with van der Waals surface area (Å²) in [6.45, 7) is 0. The fraction of sp³-hybridized carbons (Fsp3) is 0.200. The van der Waals surface area contributed by atoms with E-state index in [1.165, 1.54) is 0 Å². The van der Waals surface area contributed by atoms with Gasteiger partial charge in [-0.1, -0.05) is 18.2 Å². The molecule has 0 fully saturated rings. The fourth-order valence-electron chi connectivity index (χ4n) is 2.27. The molecular formula is C15H15N3O. The molecule has 0 aliphatic rings. The highest BCUT2D eigenvalue weighted by Crippen LogP contribution is 2.23. The van der Waals surface area contributed by atoms with Gasteiger partial charge in [0, 0.05) is 36.8 Å². The molecule has 2 aromatic heterocycles. The molecule has 0 saturated heterocycles. The van der Waals surface area contributed by atoms with Crippen molar-refractivity contribution in [2.24, 2.45) is 7.05 Å². The lowest BCUT2D eigenvalue weighted by atomic mass is 10.0. The van der Waals surface area contributed by atoms with Gasteiger partial charge in [0.15, 0.2) is 0 Å². The van der Waals surface area contributed by atoms with Gasteiger partial charge in [0.1, 0.15) is 0 Å². The molecule has 0 bridgehead atoms. The molecule has 1 N–H and O–H groups in total. The highest BCUT2D eigenvalue weighted by molar-refractivity contribution is 5.81. The molecule has 1 aromatic carbocycles. The molecule has 19 heavy (non-hydrogen) atoms. The minimum atomic E-state index is -0.542. The number of para-hydroxylation sites is 1. The molecule has 96 valence electrons. The first-order chi connectivity index (χ1) is 9.24. The Balaban J connectivity index is 1.93. The number of benzene rings is 1. The Kier molecular flexibility index (Phi) is 3.01. The second-order valence-corrected chi connectivity index (χ2v) is 4.65. The van der Waals surface area contributed by atoms with Crippen LogP contribution in [0, 0.1) is 0 Å². The van der Waals surface area contributed by atoms with Crippen molar-refractivity contribution in [3.05, 3.63) is 60.0 Å².